The number of amides is 1. The molecular formula is C14H17ClN2O3. The van der Waals surface area contributed by atoms with Crippen molar-refractivity contribution in [1.29, 1.82) is 0 Å². The van der Waals surface area contributed by atoms with Crippen LogP contribution in [0.25, 0.3) is 0 Å². The van der Waals surface area contributed by atoms with Gasteiger partial charge < -0.3 is 4.90 Å². The molecule has 1 aromatic carbocycles. The maximum absolute atomic E-state index is 12.6. The minimum Gasteiger partial charge on any atom is -0.336 e. The molecule has 0 aromatic heterocycles. The van der Waals surface area contributed by atoms with Gasteiger partial charge in [-0.2, -0.15) is 0 Å². The van der Waals surface area contributed by atoms with Crippen molar-refractivity contribution in [2.75, 3.05) is 6.54 Å². The summed E-state index contributed by atoms with van der Waals surface area (Å²) in [6, 6.07) is 4.46. The number of nitrogens with zero attached hydrogens (tertiary/aromatic N) is 2. The number of hydrogen-bond acceptors (Lipinski definition) is 3. The van der Waals surface area contributed by atoms with Gasteiger partial charge in [-0.05, 0) is 31.7 Å². The van der Waals surface area contributed by atoms with Crippen molar-refractivity contribution >= 4 is 23.2 Å². The lowest BCUT2D eigenvalue weighted by Gasteiger charge is -2.38. The number of hydrogen-bond donors (Lipinski definition) is 0. The molecule has 0 bridgehead atoms. The van der Waals surface area contributed by atoms with Crippen molar-refractivity contribution < 1.29 is 9.72 Å². The highest BCUT2D eigenvalue weighted by atomic mass is 35.5. The van der Waals surface area contributed by atoms with E-state index in [-0.39, 0.29) is 28.2 Å². The van der Waals surface area contributed by atoms with Gasteiger partial charge in [0.2, 0.25) is 0 Å². The topological polar surface area (TPSA) is 63.5 Å². The molecule has 0 saturated carbocycles. The van der Waals surface area contributed by atoms with Crippen LogP contribution in [-0.4, -0.2) is 28.3 Å². The summed E-state index contributed by atoms with van der Waals surface area (Å²) in [4.78, 5) is 24.7. The Labute approximate surface area is 122 Å². The van der Waals surface area contributed by atoms with Crippen LogP contribution in [0.1, 0.15) is 37.0 Å². The van der Waals surface area contributed by atoms with E-state index in [1.807, 2.05) is 6.92 Å². The first-order valence-electron chi connectivity index (χ1n) is 6.67. The van der Waals surface area contributed by atoms with Crippen LogP contribution in [0.2, 0.25) is 5.02 Å². The average Bonchev–Trinajstić information content (AvgIpc) is 2.41. The molecule has 108 valence electrons. The zero-order valence-electron chi connectivity index (χ0n) is 11.5. The Morgan fingerprint density at radius 3 is 2.80 bits per heavy atom. The molecule has 1 heterocycles. The first kappa shape index (κ1) is 14.8. The van der Waals surface area contributed by atoms with Gasteiger partial charge in [-0.1, -0.05) is 24.6 Å². The van der Waals surface area contributed by atoms with Crippen LogP contribution in [-0.2, 0) is 0 Å². The molecule has 1 amide bonds. The lowest BCUT2D eigenvalue weighted by molar-refractivity contribution is -0.384. The summed E-state index contributed by atoms with van der Waals surface area (Å²) in [5.74, 6) is 0.197. The lowest BCUT2D eigenvalue weighted by atomic mass is 9.91. The van der Waals surface area contributed by atoms with E-state index in [0.717, 1.165) is 12.8 Å². The highest BCUT2D eigenvalue weighted by molar-refractivity contribution is 6.35. The highest BCUT2D eigenvalue weighted by Gasteiger charge is 2.31. The van der Waals surface area contributed by atoms with Gasteiger partial charge in [-0.3, -0.25) is 14.9 Å². The molecule has 0 aliphatic carbocycles. The fourth-order valence-electron chi connectivity index (χ4n) is 2.60. The first-order chi connectivity index (χ1) is 9.43. The third-order valence-corrected chi connectivity index (χ3v) is 4.44. The number of rotatable bonds is 2. The summed E-state index contributed by atoms with van der Waals surface area (Å²) in [5, 5.41) is 10.8. The Morgan fingerprint density at radius 2 is 2.15 bits per heavy atom. The molecule has 1 fully saturated rings. The Kier molecular flexibility index (Phi) is 4.28. The molecule has 20 heavy (non-hydrogen) atoms. The van der Waals surface area contributed by atoms with E-state index in [0.29, 0.717) is 12.5 Å². The highest BCUT2D eigenvalue weighted by Crippen LogP contribution is 2.31. The zero-order chi connectivity index (χ0) is 14.9. The second kappa shape index (κ2) is 5.79. The van der Waals surface area contributed by atoms with Gasteiger partial charge in [-0.15, -0.1) is 0 Å². The summed E-state index contributed by atoms with van der Waals surface area (Å²) in [6.07, 6.45) is 2.04. The van der Waals surface area contributed by atoms with Gasteiger partial charge in [0.05, 0.1) is 10.5 Å². The summed E-state index contributed by atoms with van der Waals surface area (Å²) in [7, 11) is 0. The maximum Gasteiger partial charge on any atom is 0.288 e. The predicted octanol–water partition coefficient (Wildman–Crippen LogP) is 3.51. The summed E-state index contributed by atoms with van der Waals surface area (Å²) >= 11 is 6.01. The van der Waals surface area contributed by atoms with E-state index in [1.165, 1.54) is 12.1 Å². The fourth-order valence-corrected chi connectivity index (χ4v) is 2.88. The summed E-state index contributed by atoms with van der Waals surface area (Å²) in [5.41, 5.74) is -0.0166. The van der Waals surface area contributed by atoms with Gasteiger partial charge in [-0.25, -0.2) is 0 Å². The quantitative estimate of drug-likeness (QED) is 0.619. The van der Waals surface area contributed by atoms with E-state index < -0.39 is 4.92 Å². The minimum absolute atomic E-state index is 0.0760. The molecule has 0 spiro atoms. The van der Waals surface area contributed by atoms with Crippen molar-refractivity contribution in [2.24, 2.45) is 5.92 Å². The van der Waals surface area contributed by atoms with Crippen LogP contribution in [0.5, 0.6) is 0 Å². The maximum atomic E-state index is 12.6. The van der Waals surface area contributed by atoms with Crippen LogP contribution in [0.4, 0.5) is 5.69 Å². The van der Waals surface area contributed by atoms with E-state index in [9.17, 15) is 14.9 Å². The molecule has 5 nitrogen and oxygen atoms in total. The molecule has 0 N–H and O–H groups in total. The summed E-state index contributed by atoms with van der Waals surface area (Å²) in [6.45, 7) is 4.79. The Balaban J connectivity index is 2.34. The second-order valence-electron chi connectivity index (χ2n) is 5.25. The zero-order valence-corrected chi connectivity index (χ0v) is 12.3. The molecule has 2 rings (SSSR count). The van der Waals surface area contributed by atoms with Crippen LogP contribution in [0.3, 0.4) is 0 Å². The van der Waals surface area contributed by atoms with E-state index in [2.05, 4.69) is 6.92 Å². The largest absolute Gasteiger partial charge is 0.336 e. The second-order valence-corrected chi connectivity index (χ2v) is 5.63. The van der Waals surface area contributed by atoms with Crippen LogP contribution >= 0.6 is 11.6 Å². The molecule has 1 aromatic rings. The number of halogens is 1. The molecule has 1 aliphatic rings. The van der Waals surface area contributed by atoms with Gasteiger partial charge in [0, 0.05) is 18.7 Å². The predicted molar refractivity (Wildman–Crippen MR) is 77.0 cm³/mol. The van der Waals surface area contributed by atoms with Gasteiger partial charge in [0.1, 0.15) is 5.02 Å². The van der Waals surface area contributed by atoms with Crippen molar-refractivity contribution in [1.82, 2.24) is 4.90 Å². The van der Waals surface area contributed by atoms with E-state index >= 15 is 0 Å². The number of benzene rings is 1. The van der Waals surface area contributed by atoms with Crippen molar-refractivity contribution in [2.45, 2.75) is 32.7 Å². The van der Waals surface area contributed by atoms with E-state index in [4.69, 9.17) is 11.6 Å². The van der Waals surface area contributed by atoms with Gasteiger partial charge >= 0.3 is 0 Å². The van der Waals surface area contributed by atoms with Gasteiger partial charge in [0.25, 0.3) is 11.6 Å². The number of nitro benzene ring substituents is 1. The number of likely N-dealkylation sites (tertiary alicyclic amines) is 1. The average molecular weight is 297 g/mol. The molecule has 0 radical (unpaired) electrons. The Hall–Kier alpha value is -1.62. The molecule has 1 saturated heterocycles. The number of carbonyl (C=O) groups is 1. The van der Waals surface area contributed by atoms with Crippen LogP contribution in [0, 0.1) is 16.0 Å². The molecular weight excluding hydrogens is 280 g/mol. The number of carbonyl (C=O) groups excluding carboxylic acids is 1. The molecule has 2 unspecified atom stereocenters. The Bertz CT molecular complexity index is 547. The smallest absolute Gasteiger partial charge is 0.288 e. The SMILES string of the molecule is CC1CCCN(C(=O)c2cccc([N+](=O)[O-])c2Cl)C1C. The lowest BCUT2D eigenvalue weighted by Crippen LogP contribution is -2.46. The summed E-state index contributed by atoms with van der Waals surface area (Å²) < 4.78 is 0. The van der Waals surface area contributed by atoms with Gasteiger partial charge in [0.15, 0.2) is 0 Å². The Morgan fingerprint density at radius 1 is 1.45 bits per heavy atom. The first-order valence-corrected chi connectivity index (χ1v) is 7.05. The standard InChI is InChI=1S/C14H17ClN2O3/c1-9-5-4-8-16(10(9)2)14(18)11-6-3-7-12(13(11)15)17(19)20/h3,6-7,9-10H,4-5,8H2,1-2H3. The molecule has 6 heteroatoms. The monoisotopic (exact) mass is 296 g/mol. The number of nitro groups is 1. The van der Waals surface area contributed by atoms with Crippen molar-refractivity contribution in [3.05, 3.63) is 38.9 Å². The minimum atomic E-state index is -0.568. The third kappa shape index (κ3) is 2.63. The van der Waals surface area contributed by atoms with Crippen LogP contribution in [0.15, 0.2) is 18.2 Å². The van der Waals surface area contributed by atoms with E-state index in [1.54, 1.807) is 11.0 Å². The fraction of sp³-hybridized carbons (Fsp3) is 0.500. The third-order valence-electron chi connectivity index (χ3n) is 4.04. The molecule has 2 atom stereocenters. The van der Waals surface area contributed by atoms with Crippen molar-refractivity contribution in [3.63, 3.8) is 0 Å². The normalized spacial score (nSPS) is 22.6. The van der Waals surface area contributed by atoms with Crippen molar-refractivity contribution in [3.8, 4) is 0 Å². The molecule has 1 aliphatic heterocycles. The number of piperidine rings is 1. The van der Waals surface area contributed by atoms with Crippen LogP contribution < -0.4 is 0 Å².